The maximum atomic E-state index is 12.2. The van der Waals surface area contributed by atoms with Gasteiger partial charge in [-0.25, -0.2) is 5.43 Å². The Hall–Kier alpha value is -3.12. The summed E-state index contributed by atoms with van der Waals surface area (Å²) >= 11 is 3.42. The lowest BCUT2D eigenvalue weighted by Crippen LogP contribution is -2.20. The first-order valence-corrected chi connectivity index (χ1v) is 10.7. The third-order valence-electron chi connectivity index (χ3n) is 4.75. The number of nitrogens with one attached hydrogen (secondary N) is 1. The quantitative estimate of drug-likeness (QED) is 0.349. The molecule has 0 heterocycles. The minimum Gasteiger partial charge on any atom is -0.493 e. The highest BCUT2D eigenvalue weighted by Crippen LogP contribution is 2.28. The fraction of sp³-hybridized carbons (Fsp3) is 0.200. The van der Waals surface area contributed by atoms with Gasteiger partial charge >= 0.3 is 0 Å². The zero-order valence-electron chi connectivity index (χ0n) is 17.8. The summed E-state index contributed by atoms with van der Waals surface area (Å²) in [5.41, 5.74) is 7.70. The van der Waals surface area contributed by atoms with E-state index in [0.29, 0.717) is 18.1 Å². The molecule has 3 aromatic carbocycles. The van der Waals surface area contributed by atoms with Gasteiger partial charge < -0.3 is 9.47 Å². The molecule has 0 aliphatic heterocycles. The Morgan fingerprint density at radius 3 is 2.52 bits per heavy atom. The number of hydrogen-bond donors (Lipinski definition) is 1. The highest BCUT2D eigenvalue weighted by atomic mass is 79.9. The second kappa shape index (κ2) is 10.8. The van der Waals surface area contributed by atoms with Gasteiger partial charge in [-0.15, -0.1) is 0 Å². The molecular weight excluding hydrogens is 456 g/mol. The van der Waals surface area contributed by atoms with Crippen LogP contribution in [0.15, 0.2) is 70.2 Å². The Bertz CT molecular complexity index is 1080. The first kappa shape index (κ1) is 22.6. The Morgan fingerprint density at radius 2 is 1.81 bits per heavy atom. The molecule has 0 radical (unpaired) electrons. The molecule has 0 bridgehead atoms. The number of nitrogens with zero attached hydrogens (tertiary/aromatic N) is 1. The molecule has 31 heavy (non-hydrogen) atoms. The third-order valence-corrected chi connectivity index (χ3v) is 5.28. The SMILES string of the molecule is COc1cc(/C=N/NC(=O)Cc2ccc(C)cc2C)ccc1OCc1ccc(Br)cc1. The number of hydrogen-bond acceptors (Lipinski definition) is 4. The summed E-state index contributed by atoms with van der Waals surface area (Å²) in [6, 6.07) is 19.5. The van der Waals surface area contributed by atoms with Crippen LogP contribution in [0.5, 0.6) is 11.5 Å². The van der Waals surface area contributed by atoms with Gasteiger partial charge in [0.25, 0.3) is 0 Å². The van der Waals surface area contributed by atoms with Gasteiger partial charge in [0.05, 0.1) is 19.7 Å². The lowest BCUT2D eigenvalue weighted by atomic mass is 10.0. The van der Waals surface area contributed by atoms with E-state index in [1.54, 1.807) is 13.3 Å². The average Bonchev–Trinajstić information content (AvgIpc) is 2.75. The molecule has 0 unspecified atom stereocenters. The molecule has 1 N–H and O–H groups in total. The smallest absolute Gasteiger partial charge is 0.244 e. The lowest BCUT2D eigenvalue weighted by molar-refractivity contribution is -0.120. The molecule has 5 nitrogen and oxygen atoms in total. The maximum Gasteiger partial charge on any atom is 0.244 e. The molecule has 0 aliphatic carbocycles. The fourth-order valence-corrected chi connectivity index (χ4v) is 3.33. The van der Waals surface area contributed by atoms with Gasteiger partial charge in [0.1, 0.15) is 6.61 Å². The highest BCUT2D eigenvalue weighted by molar-refractivity contribution is 9.10. The summed E-state index contributed by atoms with van der Waals surface area (Å²) in [7, 11) is 1.59. The van der Waals surface area contributed by atoms with Crippen molar-refractivity contribution in [1.82, 2.24) is 5.43 Å². The van der Waals surface area contributed by atoms with Crippen molar-refractivity contribution in [2.24, 2.45) is 5.10 Å². The summed E-state index contributed by atoms with van der Waals surface area (Å²) < 4.78 is 12.4. The summed E-state index contributed by atoms with van der Waals surface area (Å²) in [4.78, 5) is 12.2. The number of rotatable bonds is 8. The Kier molecular flexibility index (Phi) is 7.84. The molecule has 0 aliphatic rings. The van der Waals surface area contributed by atoms with Gasteiger partial charge in [0.15, 0.2) is 11.5 Å². The summed E-state index contributed by atoms with van der Waals surface area (Å²) in [6.45, 7) is 4.48. The standard InChI is InChI=1S/C25H25BrN2O3/c1-17-4-8-21(18(2)12-17)14-25(29)28-27-15-20-7-11-23(24(13-20)30-3)31-16-19-5-9-22(26)10-6-19/h4-13,15H,14,16H2,1-3H3,(H,28,29)/b27-15+. The van der Waals surface area contributed by atoms with E-state index in [1.165, 1.54) is 5.56 Å². The van der Waals surface area contributed by atoms with Crippen LogP contribution < -0.4 is 14.9 Å². The van der Waals surface area contributed by atoms with Crippen LogP contribution in [-0.2, 0) is 17.8 Å². The molecule has 0 fully saturated rings. The molecule has 3 rings (SSSR count). The van der Waals surface area contributed by atoms with Crippen LogP contribution in [0.3, 0.4) is 0 Å². The number of ether oxygens (including phenoxy) is 2. The first-order valence-electron chi connectivity index (χ1n) is 9.88. The van der Waals surface area contributed by atoms with E-state index in [2.05, 4.69) is 32.5 Å². The minimum absolute atomic E-state index is 0.162. The minimum atomic E-state index is -0.162. The van der Waals surface area contributed by atoms with Crippen LogP contribution in [0.25, 0.3) is 0 Å². The molecule has 0 spiro atoms. The van der Waals surface area contributed by atoms with Gasteiger partial charge in [-0.05, 0) is 66.4 Å². The summed E-state index contributed by atoms with van der Waals surface area (Å²) in [6.07, 6.45) is 1.87. The summed E-state index contributed by atoms with van der Waals surface area (Å²) in [5, 5.41) is 4.07. The van der Waals surface area contributed by atoms with Gasteiger partial charge in [-0.2, -0.15) is 5.10 Å². The zero-order chi connectivity index (χ0) is 22.2. The van der Waals surface area contributed by atoms with Crippen LogP contribution in [0, 0.1) is 13.8 Å². The number of amides is 1. The van der Waals surface area contributed by atoms with E-state index in [-0.39, 0.29) is 12.3 Å². The molecule has 6 heteroatoms. The largest absolute Gasteiger partial charge is 0.493 e. The fourth-order valence-electron chi connectivity index (χ4n) is 3.06. The predicted molar refractivity (Wildman–Crippen MR) is 127 cm³/mol. The topological polar surface area (TPSA) is 59.9 Å². The monoisotopic (exact) mass is 480 g/mol. The van der Waals surface area contributed by atoms with Crippen molar-refractivity contribution in [3.63, 3.8) is 0 Å². The molecule has 160 valence electrons. The summed E-state index contributed by atoms with van der Waals surface area (Å²) in [5.74, 6) is 1.08. The van der Waals surface area contributed by atoms with Crippen LogP contribution in [-0.4, -0.2) is 19.2 Å². The Labute approximate surface area is 191 Å². The van der Waals surface area contributed by atoms with E-state index in [0.717, 1.165) is 26.7 Å². The van der Waals surface area contributed by atoms with Crippen LogP contribution in [0.2, 0.25) is 0 Å². The van der Waals surface area contributed by atoms with E-state index < -0.39 is 0 Å². The number of methoxy groups -OCH3 is 1. The van der Waals surface area contributed by atoms with Crippen molar-refractivity contribution >= 4 is 28.1 Å². The van der Waals surface area contributed by atoms with E-state index in [4.69, 9.17) is 9.47 Å². The second-order valence-electron chi connectivity index (χ2n) is 7.23. The molecular formula is C25H25BrN2O3. The highest BCUT2D eigenvalue weighted by Gasteiger charge is 2.07. The number of carbonyl (C=O) groups excluding carboxylic acids is 1. The van der Waals surface area contributed by atoms with Crippen LogP contribution in [0.4, 0.5) is 0 Å². The van der Waals surface area contributed by atoms with Crippen molar-refractivity contribution in [3.05, 3.63) is 93.0 Å². The normalized spacial score (nSPS) is 10.8. The van der Waals surface area contributed by atoms with Crippen LogP contribution in [0.1, 0.15) is 27.8 Å². The molecule has 3 aromatic rings. The van der Waals surface area contributed by atoms with Crippen molar-refractivity contribution < 1.29 is 14.3 Å². The number of carbonyl (C=O) groups is 1. The van der Waals surface area contributed by atoms with E-state index >= 15 is 0 Å². The van der Waals surface area contributed by atoms with Crippen LogP contribution >= 0.6 is 15.9 Å². The Balaban J connectivity index is 1.57. The van der Waals surface area contributed by atoms with E-state index in [1.807, 2.05) is 68.4 Å². The van der Waals surface area contributed by atoms with E-state index in [9.17, 15) is 4.79 Å². The van der Waals surface area contributed by atoms with Gasteiger partial charge in [0, 0.05) is 4.47 Å². The third kappa shape index (κ3) is 6.69. The van der Waals surface area contributed by atoms with Crippen molar-refractivity contribution in [2.75, 3.05) is 7.11 Å². The number of benzene rings is 3. The van der Waals surface area contributed by atoms with Crippen molar-refractivity contribution in [3.8, 4) is 11.5 Å². The number of halogens is 1. The predicted octanol–water partition coefficient (Wildman–Crippen LogP) is 5.35. The second-order valence-corrected chi connectivity index (χ2v) is 8.14. The van der Waals surface area contributed by atoms with Gasteiger partial charge in [-0.3, -0.25) is 4.79 Å². The molecule has 0 aromatic heterocycles. The molecule has 0 saturated carbocycles. The first-order chi connectivity index (χ1) is 14.9. The Morgan fingerprint density at radius 1 is 1.03 bits per heavy atom. The van der Waals surface area contributed by atoms with Gasteiger partial charge in [-0.1, -0.05) is 51.8 Å². The molecule has 0 atom stereocenters. The maximum absolute atomic E-state index is 12.2. The molecule has 1 amide bonds. The average molecular weight is 481 g/mol. The van der Waals surface area contributed by atoms with Gasteiger partial charge in [0.2, 0.25) is 5.91 Å². The van der Waals surface area contributed by atoms with Crippen molar-refractivity contribution in [2.45, 2.75) is 26.9 Å². The lowest BCUT2D eigenvalue weighted by Gasteiger charge is -2.11. The van der Waals surface area contributed by atoms with Crippen molar-refractivity contribution in [1.29, 1.82) is 0 Å². The number of hydrazone groups is 1. The molecule has 0 saturated heterocycles. The number of aryl methyl sites for hydroxylation is 2. The zero-order valence-corrected chi connectivity index (χ0v) is 19.4.